The van der Waals surface area contributed by atoms with Crippen molar-refractivity contribution in [3.05, 3.63) is 28.0 Å². The van der Waals surface area contributed by atoms with E-state index < -0.39 is 0 Å². The highest BCUT2D eigenvalue weighted by Crippen LogP contribution is 2.42. The number of carbonyl (C=O) groups excluding carboxylic acids is 1. The fourth-order valence-electron chi connectivity index (χ4n) is 4.50. The molecule has 2 fully saturated rings. The van der Waals surface area contributed by atoms with Gasteiger partial charge in [0, 0.05) is 43.5 Å². The van der Waals surface area contributed by atoms with Crippen molar-refractivity contribution in [2.75, 3.05) is 19.6 Å². The number of fused-ring (bicyclic) bond motifs is 2. The Labute approximate surface area is 166 Å². The van der Waals surface area contributed by atoms with E-state index in [0.29, 0.717) is 22.3 Å². The molecular formula is C18H23BrClN5O. The molecule has 2 aliphatic heterocycles. The van der Waals surface area contributed by atoms with E-state index in [9.17, 15) is 4.79 Å². The van der Waals surface area contributed by atoms with Crippen molar-refractivity contribution >= 4 is 39.1 Å². The number of halogens is 2. The van der Waals surface area contributed by atoms with Gasteiger partial charge in [-0.25, -0.2) is 14.8 Å². The highest BCUT2D eigenvalue weighted by molar-refractivity contribution is 9.10. The first-order valence-electron chi connectivity index (χ1n) is 9.25. The maximum atomic E-state index is 12.9. The third kappa shape index (κ3) is 2.62. The van der Waals surface area contributed by atoms with E-state index in [-0.39, 0.29) is 11.4 Å². The van der Waals surface area contributed by atoms with Gasteiger partial charge in [0.05, 0.1) is 0 Å². The molecule has 4 rings (SSSR count). The smallest absolute Gasteiger partial charge is 0.320 e. The molecule has 6 nitrogen and oxygen atoms in total. The molecular weight excluding hydrogens is 418 g/mol. The van der Waals surface area contributed by atoms with Gasteiger partial charge in [0.15, 0.2) is 5.15 Å². The number of aromatic nitrogens is 3. The minimum absolute atomic E-state index is 0.168. The van der Waals surface area contributed by atoms with E-state index in [2.05, 4.69) is 32.7 Å². The standard InChI is InChI=1S/C18H23BrClN5O/c1-3-18(16-22-14(19)13-15(20)21-8-10-24(13)16)7-5-12-6-9-23(4-2)17(26)25(12)11-18/h8,10,12H,3-7,9,11H2,1-2H3. The van der Waals surface area contributed by atoms with Crippen molar-refractivity contribution in [3.8, 4) is 0 Å². The molecule has 0 bridgehead atoms. The second kappa shape index (κ2) is 6.68. The van der Waals surface area contributed by atoms with Crippen LogP contribution in [-0.2, 0) is 5.41 Å². The largest absolute Gasteiger partial charge is 0.325 e. The number of piperidine rings is 1. The molecule has 0 N–H and O–H groups in total. The number of amides is 2. The normalized spacial score (nSPS) is 26.5. The van der Waals surface area contributed by atoms with E-state index in [4.69, 9.17) is 16.6 Å². The Hall–Kier alpha value is -1.34. The Morgan fingerprint density at radius 2 is 2.19 bits per heavy atom. The van der Waals surface area contributed by atoms with E-state index >= 15 is 0 Å². The lowest BCUT2D eigenvalue weighted by molar-refractivity contribution is 0.0478. The zero-order valence-corrected chi connectivity index (χ0v) is 17.4. The minimum Gasteiger partial charge on any atom is -0.325 e. The zero-order chi connectivity index (χ0) is 18.5. The topological polar surface area (TPSA) is 53.7 Å². The molecule has 0 radical (unpaired) electrons. The van der Waals surface area contributed by atoms with Crippen LogP contribution in [0.4, 0.5) is 4.79 Å². The number of carbonyl (C=O) groups is 1. The molecule has 2 aromatic rings. The molecule has 0 spiro atoms. The van der Waals surface area contributed by atoms with Crippen LogP contribution in [0.3, 0.4) is 0 Å². The summed E-state index contributed by atoms with van der Waals surface area (Å²) in [6.45, 7) is 6.57. The SMILES string of the molecule is CCN1CCC2CCC(CC)(c3nc(Br)c4c(Cl)nccn34)CN2C1=O. The first-order valence-corrected chi connectivity index (χ1v) is 10.4. The van der Waals surface area contributed by atoms with Gasteiger partial charge in [-0.1, -0.05) is 18.5 Å². The molecule has 2 aliphatic rings. The number of nitrogens with zero attached hydrogens (tertiary/aromatic N) is 5. The second-order valence-corrected chi connectivity index (χ2v) is 8.38. The Kier molecular flexibility index (Phi) is 4.63. The van der Waals surface area contributed by atoms with E-state index in [1.54, 1.807) is 6.20 Å². The second-order valence-electron chi connectivity index (χ2n) is 7.27. The summed E-state index contributed by atoms with van der Waals surface area (Å²) in [7, 11) is 0. The van der Waals surface area contributed by atoms with Crippen LogP contribution < -0.4 is 0 Å². The monoisotopic (exact) mass is 439 g/mol. The summed E-state index contributed by atoms with van der Waals surface area (Å²) in [6, 6.07) is 0.519. The van der Waals surface area contributed by atoms with Crippen molar-refractivity contribution in [2.45, 2.75) is 51.0 Å². The van der Waals surface area contributed by atoms with Crippen molar-refractivity contribution < 1.29 is 4.79 Å². The molecule has 140 valence electrons. The van der Waals surface area contributed by atoms with Gasteiger partial charge < -0.3 is 9.80 Å². The average molecular weight is 441 g/mol. The Morgan fingerprint density at radius 3 is 2.92 bits per heavy atom. The van der Waals surface area contributed by atoms with Gasteiger partial charge in [-0.15, -0.1) is 0 Å². The summed E-state index contributed by atoms with van der Waals surface area (Å²) in [5.74, 6) is 0.964. The molecule has 2 unspecified atom stereocenters. The lowest BCUT2D eigenvalue weighted by Gasteiger charge is -2.50. The van der Waals surface area contributed by atoms with Crippen molar-refractivity contribution in [1.29, 1.82) is 0 Å². The van der Waals surface area contributed by atoms with Crippen molar-refractivity contribution in [3.63, 3.8) is 0 Å². The Morgan fingerprint density at radius 1 is 1.38 bits per heavy atom. The van der Waals surface area contributed by atoms with Gasteiger partial charge in [-0.05, 0) is 48.5 Å². The Balaban J connectivity index is 1.77. The molecule has 26 heavy (non-hydrogen) atoms. The van der Waals surface area contributed by atoms with Crippen LogP contribution in [0.1, 0.15) is 45.4 Å². The molecule has 2 amide bonds. The molecule has 2 atom stereocenters. The van der Waals surface area contributed by atoms with Gasteiger partial charge in [-0.3, -0.25) is 4.40 Å². The molecule has 2 aromatic heterocycles. The van der Waals surface area contributed by atoms with Crippen LogP contribution in [0.15, 0.2) is 17.0 Å². The van der Waals surface area contributed by atoms with Crippen LogP contribution in [0.2, 0.25) is 5.15 Å². The molecule has 0 saturated carbocycles. The number of rotatable bonds is 3. The maximum absolute atomic E-state index is 12.9. The summed E-state index contributed by atoms with van der Waals surface area (Å²) >= 11 is 9.85. The lowest BCUT2D eigenvalue weighted by atomic mass is 9.74. The van der Waals surface area contributed by atoms with E-state index in [1.165, 1.54) is 0 Å². The average Bonchev–Trinajstić information content (AvgIpc) is 3.00. The van der Waals surface area contributed by atoms with E-state index in [1.807, 2.05) is 22.4 Å². The van der Waals surface area contributed by atoms with Crippen molar-refractivity contribution in [1.82, 2.24) is 24.2 Å². The fourth-order valence-corrected chi connectivity index (χ4v) is 5.39. The summed E-state index contributed by atoms with van der Waals surface area (Å²) in [4.78, 5) is 26.0. The highest BCUT2D eigenvalue weighted by Gasteiger charge is 2.46. The first kappa shape index (κ1) is 18.0. The summed E-state index contributed by atoms with van der Waals surface area (Å²) < 4.78 is 2.75. The minimum atomic E-state index is -0.178. The molecule has 2 saturated heterocycles. The Bertz CT molecular complexity index is 855. The highest BCUT2D eigenvalue weighted by atomic mass is 79.9. The van der Waals surface area contributed by atoms with Gasteiger partial charge in [0.25, 0.3) is 0 Å². The van der Waals surface area contributed by atoms with Crippen LogP contribution in [0.25, 0.3) is 5.52 Å². The van der Waals surface area contributed by atoms with Crippen LogP contribution in [-0.4, -0.2) is 55.9 Å². The summed E-state index contributed by atoms with van der Waals surface area (Å²) in [5, 5.41) is 0.435. The summed E-state index contributed by atoms with van der Waals surface area (Å²) in [5.41, 5.74) is 0.613. The fraction of sp³-hybridized carbons (Fsp3) is 0.611. The first-order chi connectivity index (χ1) is 12.5. The van der Waals surface area contributed by atoms with Crippen LogP contribution >= 0.6 is 27.5 Å². The van der Waals surface area contributed by atoms with Gasteiger partial charge >= 0.3 is 6.03 Å². The van der Waals surface area contributed by atoms with Crippen LogP contribution in [0, 0.1) is 0 Å². The number of hydrogen-bond acceptors (Lipinski definition) is 3. The lowest BCUT2D eigenvalue weighted by Crippen LogP contribution is -2.61. The van der Waals surface area contributed by atoms with Crippen LogP contribution in [0.5, 0.6) is 0 Å². The maximum Gasteiger partial charge on any atom is 0.320 e. The van der Waals surface area contributed by atoms with Gasteiger partial charge in [0.2, 0.25) is 0 Å². The molecule has 0 aromatic carbocycles. The number of hydrogen-bond donors (Lipinski definition) is 0. The molecule has 4 heterocycles. The predicted octanol–water partition coefficient (Wildman–Crippen LogP) is 4.10. The zero-order valence-electron chi connectivity index (χ0n) is 15.1. The quantitative estimate of drug-likeness (QED) is 0.722. The van der Waals surface area contributed by atoms with Gasteiger partial charge in [0.1, 0.15) is 15.9 Å². The van der Waals surface area contributed by atoms with Gasteiger partial charge in [-0.2, -0.15) is 0 Å². The third-order valence-corrected chi connectivity index (χ3v) is 6.95. The predicted molar refractivity (Wildman–Crippen MR) is 105 cm³/mol. The number of urea groups is 1. The summed E-state index contributed by atoms with van der Waals surface area (Å²) in [6.07, 6.45) is 7.63. The molecule has 8 heteroatoms. The van der Waals surface area contributed by atoms with Crippen molar-refractivity contribution in [2.24, 2.45) is 0 Å². The third-order valence-electron chi connectivity index (χ3n) is 6.12. The van der Waals surface area contributed by atoms with E-state index in [0.717, 1.165) is 50.1 Å². The molecule has 0 aliphatic carbocycles. The number of imidazole rings is 1.